The van der Waals surface area contributed by atoms with Crippen molar-refractivity contribution >= 4 is 11.9 Å². The van der Waals surface area contributed by atoms with Crippen molar-refractivity contribution in [2.24, 2.45) is 5.92 Å². The molecule has 0 aliphatic carbocycles. The van der Waals surface area contributed by atoms with Crippen molar-refractivity contribution in [1.82, 2.24) is 15.4 Å². The molecule has 0 saturated heterocycles. The Morgan fingerprint density at radius 3 is 2.71 bits per heavy atom. The maximum Gasteiger partial charge on any atom is 0.426 e. The fourth-order valence-corrected chi connectivity index (χ4v) is 1.53. The van der Waals surface area contributed by atoms with Gasteiger partial charge in [0.25, 0.3) is 0 Å². The molecule has 0 aliphatic rings. The van der Waals surface area contributed by atoms with Gasteiger partial charge >= 0.3 is 6.09 Å². The molecule has 1 rings (SSSR count). The number of nitrogens with one attached hydrogen (secondary N) is 1. The lowest BCUT2D eigenvalue weighted by Crippen LogP contribution is -2.47. The van der Waals surface area contributed by atoms with E-state index in [2.05, 4.69) is 15.4 Å². The van der Waals surface area contributed by atoms with E-state index >= 15 is 0 Å². The third-order valence-electron chi connectivity index (χ3n) is 2.19. The zero-order chi connectivity index (χ0) is 16.0. The molecule has 0 atom stereocenters. The van der Waals surface area contributed by atoms with Crippen LogP contribution in [0.1, 0.15) is 40.4 Å². The van der Waals surface area contributed by atoms with E-state index in [0.717, 1.165) is 0 Å². The molecule has 0 bridgehead atoms. The van der Waals surface area contributed by atoms with E-state index in [-0.39, 0.29) is 11.7 Å². The monoisotopic (exact) mass is 291 g/mol. The average Bonchev–Trinajstić information content (AvgIpc) is 2.35. The molecule has 7 nitrogen and oxygen atoms in total. The molecule has 114 valence electrons. The van der Waals surface area contributed by atoms with Crippen molar-refractivity contribution in [1.29, 1.82) is 5.26 Å². The van der Waals surface area contributed by atoms with Gasteiger partial charge in [0.1, 0.15) is 11.7 Å². The van der Waals surface area contributed by atoms with Gasteiger partial charge in [-0.3, -0.25) is 5.01 Å². The lowest BCUT2D eigenvalue weighted by Gasteiger charge is -2.28. The highest BCUT2D eigenvalue weighted by atomic mass is 16.6. The number of anilines is 1. The first-order valence-electron chi connectivity index (χ1n) is 6.71. The first-order valence-corrected chi connectivity index (χ1v) is 6.71. The number of ether oxygens (including phenoxy) is 1. The Kier molecular flexibility index (Phi) is 5.47. The summed E-state index contributed by atoms with van der Waals surface area (Å²) in [5.74, 6) is 0.772. The maximum atomic E-state index is 11.9. The van der Waals surface area contributed by atoms with Crippen LogP contribution >= 0.6 is 0 Å². The minimum Gasteiger partial charge on any atom is -0.443 e. The second kappa shape index (κ2) is 6.88. The van der Waals surface area contributed by atoms with Gasteiger partial charge in [-0.25, -0.2) is 15.2 Å². The molecule has 0 spiro atoms. The fourth-order valence-electron chi connectivity index (χ4n) is 1.53. The van der Waals surface area contributed by atoms with Gasteiger partial charge in [0.2, 0.25) is 5.82 Å². The summed E-state index contributed by atoms with van der Waals surface area (Å²) >= 11 is 0. The zero-order valence-corrected chi connectivity index (χ0v) is 13.0. The Labute approximate surface area is 124 Å². The second-order valence-corrected chi connectivity index (χ2v) is 5.97. The predicted molar refractivity (Wildman–Crippen MR) is 78.3 cm³/mol. The number of nitriles is 1. The van der Waals surface area contributed by atoms with Crippen LogP contribution in [0.15, 0.2) is 12.3 Å². The summed E-state index contributed by atoms with van der Waals surface area (Å²) in [5, 5.41) is 10.4. The lowest BCUT2D eigenvalue weighted by molar-refractivity contribution is 0.0519. The summed E-state index contributed by atoms with van der Waals surface area (Å²) < 4.78 is 5.23. The van der Waals surface area contributed by atoms with E-state index in [4.69, 9.17) is 10.00 Å². The van der Waals surface area contributed by atoms with E-state index in [1.807, 2.05) is 19.9 Å². The predicted octanol–water partition coefficient (Wildman–Crippen LogP) is 2.25. The SMILES string of the molecule is CC(C)CN(NC(=O)OC(C)(C)C)c1ccnc(C#N)n1. The maximum absolute atomic E-state index is 11.9. The molecular weight excluding hydrogens is 270 g/mol. The summed E-state index contributed by atoms with van der Waals surface area (Å²) in [6.07, 6.45) is 0.908. The average molecular weight is 291 g/mol. The highest BCUT2D eigenvalue weighted by Crippen LogP contribution is 2.12. The molecule has 1 aromatic rings. The van der Waals surface area contributed by atoms with Crippen LogP contribution in [-0.2, 0) is 4.74 Å². The van der Waals surface area contributed by atoms with E-state index in [1.54, 1.807) is 31.8 Å². The van der Waals surface area contributed by atoms with Crippen LogP contribution in [0.2, 0.25) is 0 Å². The summed E-state index contributed by atoms with van der Waals surface area (Å²) in [4.78, 5) is 19.8. The normalized spacial score (nSPS) is 10.9. The summed E-state index contributed by atoms with van der Waals surface area (Å²) in [7, 11) is 0. The van der Waals surface area contributed by atoms with Crippen LogP contribution in [0, 0.1) is 17.2 Å². The first kappa shape index (κ1) is 16.7. The van der Waals surface area contributed by atoms with E-state index in [1.165, 1.54) is 6.20 Å². The number of carbonyl (C=O) groups is 1. The Morgan fingerprint density at radius 2 is 2.19 bits per heavy atom. The zero-order valence-electron chi connectivity index (χ0n) is 13.0. The van der Waals surface area contributed by atoms with Crippen LogP contribution < -0.4 is 10.4 Å². The quantitative estimate of drug-likeness (QED) is 0.855. The van der Waals surface area contributed by atoms with Crippen molar-refractivity contribution in [3.63, 3.8) is 0 Å². The van der Waals surface area contributed by atoms with E-state index in [9.17, 15) is 4.79 Å². The minimum absolute atomic E-state index is 0.0484. The van der Waals surface area contributed by atoms with Crippen LogP contribution in [0.4, 0.5) is 10.6 Å². The Balaban J connectivity index is 2.90. The minimum atomic E-state index is -0.586. The molecule has 1 amide bonds. The third kappa shape index (κ3) is 6.08. The van der Waals surface area contributed by atoms with Gasteiger partial charge in [0.05, 0.1) is 0 Å². The van der Waals surface area contributed by atoms with Crippen LogP contribution in [0.25, 0.3) is 0 Å². The Bertz CT molecular complexity index is 531. The molecule has 0 saturated carbocycles. The van der Waals surface area contributed by atoms with Gasteiger partial charge in [0.15, 0.2) is 5.82 Å². The van der Waals surface area contributed by atoms with Crippen molar-refractivity contribution < 1.29 is 9.53 Å². The van der Waals surface area contributed by atoms with Crippen molar-refractivity contribution in [3.05, 3.63) is 18.1 Å². The topological polar surface area (TPSA) is 91.1 Å². The van der Waals surface area contributed by atoms with Crippen molar-refractivity contribution in [2.45, 2.75) is 40.2 Å². The standard InChI is InChI=1S/C14H21N5O2/c1-10(2)9-19(18-13(20)21-14(3,4)5)12-6-7-16-11(8-15)17-12/h6-7,10H,9H2,1-5H3,(H,18,20). The van der Waals surface area contributed by atoms with Crippen LogP contribution in [0.5, 0.6) is 0 Å². The Hall–Kier alpha value is -2.36. The lowest BCUT2D eigenvalue weighted by atomic mass is 10.2. The number of nitrogens with zero attached hydrogens (tertiary/aromatic N) is 4. The molecule has 0 radical (unpaired) electrons. The smallest absolute Gasteiger partial charge is 0.426 e. The summed E-state index contributed by atoms with van der Waals surface area (Å²) in [6, 6.07) is 3.50. The number of rotatable bonds is 4. The van der Waals surface area contributed by atoms with Gasteiger partial charge in [0, 0.05) is 18.8 Å². The molecule has 0 fully saturated rings. The number of hydrazine groups is 1. The van der Waals surface area contributed by atoms with Crippen LogP contribution in [0.3, 0.4) is 0 Å². The molecule has 7 heteroatoms. The highest BCUT2D eigenvalue weighted by Gasteiger charge is 2.20. The molecule has 21 heavy (non-hydrogen) atoms. The van der Waals surface area contributed by atoms with Crippen molar-refractivity contribution in [3.8, 4) is 6.07 Å². The number of carbonyl (C=O) groups excluding carboxylic acids is 1. The third-order valence-corrected chi connectivity index (χ3v) is 2.19. The van der Waals surface area contributed by atoms with Gasteiger partial charge < -0.3 is 4.74 Å². The van der Waals surface area contributed by atoms with Gasteiger partial charge in [-0.05, 0) is 26.7 Å². The summed E-state index contributed by atoms with van der Waals surface area (Å²) in [5.41, 5.74) is 2.06. The van der Waals surface area contributed by atoms with Gasteiger partial charge in [-0.15, -0.1) is 0 Å². The molecule has 0 aromatic carbocycles. The van der Waals surface area contributed by atoms with E-state index in [0.29, 0.717) is 12.4 Å². The molecule has 0 unspecified atom stereocenters. The highest BCUT2D eigenvalue weighted by molar-refractivity contribution is 5.70. The van der Waals surface area contributed by atoms with Gasteiger partial charge in [-0.1, -0.05) is 13.8 Å². The molecule has 1 aromatic heterocycles. The molecule has 1 N–H and O–H groups in total. The molecule has 0 aliphatic heterocycles. The fraction of sp³-hybridized carbons (Fsp3) is 0.571. The Morgan fingerprint density at radius 1 is 1.52 bits per heavy atom. The number of hydrogen-bond acceptors (Lipinski definition) is 6. The summed E-state index contributed by atoms with van der Waals surface area (Å²) in [6.45, 7) is 9.92. The molecule has 1 heterocycles. The van der Waals surface area contributed by atoms with Crippen molar-refractivity contribution in [2.75, 3.05) is 11.6 Å². The number of hydrogen-bond donors (Lipinski definition) is 1. The second-order valence-electron chi connectivity index (χ2n) is 5.97. The van der Waals surface area contributed by atoms with Crippen LogP contribution in [-0.4, -0.2) is 28.2 Å². The molecular formula is C14H21N5O2. The van der Waals surface area contributed by atoms with E-state index < -0.39 is 11.7 Å². The number of amides is 1. The first-order chi connectivity index (χ1) is 9.71. The largest absolute Gasteiger partial charge is 0.443 e. The number of aromatic nitrogens is 2. The van der Waals surface area contributed by atoms with Gasteiger partial charge in [-0.2, -0.15) is 10.2 Å².